The summed E-state index contributed by atoms with van der Waals surface area (Å²) in [7, 11) is 3.41. The Kier molecular flexibility index (Phi) is 11.2. The van der Waals surface area contributed by atoms with Crippen molar-refractivity contribution in [3.63, 3.8) is 0 Å². The third-order valence-electron chi connectivity index (χ3n) is 10.7. The van der Waals surface area contributed by atoms with Gasteiger partial charge < -0.3 is 24.3 Å². The number of alkyl halides is 3. The van der Waals surface area contributed by atoms with Gasteiger partial charge in [0.15, 0.2) is 0 Å². The first-order valence-electron chi connectivity index (χ1n) is 18.5. The molecule has 4 bridgehead atoms. The minimum atomic E-state index is -4.52. The number of rotatable bonds is 6. The van der Waals surface area contributed by atoms with Crippen LogP contribution in [-0.4, -0.2) is 95.9 Å². The number of methoxy groups -OCH3 is 1. The average Bonchev–Trinajstić information content (AvgIpc) is 3.80. The normalized spacial score (nSPS) is 25.1. The molecule has 1 saturated heterocycles. The van der Waals surface area contributed by atoms with Crippen LogP contribution in [0.4, 0.5) is 13.2 Å². The average molecular weight is 741 g/mol. The topological polar surface area (TPSA) is 118 Å². The number of aromatic nitrogens is 2. The number of halogens is 3. The Balaban J connectivity index is 1.45. The lowest BCUT2D eigenvalue weighted by molar-refractivity contribution is -0.155. The van der Waals surface area contributed by atoms with Gasteiger partial charge in [0.25, 0.3) is 5.91 Å². The SMILES string of the molecule is CO[C@@H](C)c1ncccc1-c1c2c3cc(ccc3n1CC(F)(F)F)CCN(C)C[C@H](NC(=O)[C@H]1C[C@@H]1C)C(=O)N1CCC[C@H](N1)C(=O)OCC(C)(C)C2. The molecule has 4 heterocycles. The molecule has 0 radical (unpaired) electrons. The van der Waals surface area contributed by atoms with E-state index < -0.39 is 42.3 Å². The van der Waals surface area contributed by atoms with Crippen molar-refractivity contribution in [2.45, 2.75) is 90.7 Å². The van der Waals surface area contributed by atoms with Gasteiger partial charge >= 0.3 is 12.1 Å². The number of carbonyl (C=O) groups is 3. The van der Waals surface area contributed by atoms with Crippen LogP contribution in [0.25, 0.3) is 22.2 Å². The Hall–Kier alpha value is -4.01. The Labute approximate surface area is 308 Å². The number of esters is 1. The van der Waals surface area contributed by atoms with E-state index in [4.69, 9.17) is 9.47 Å². The number of hydrogen-bond acceptors (Lipinski definition) is 8. The Morgan fingerprint density at radius 2 is 1.96 bits per heavy atom. The number of fused-ring (bicyclic) bond motifs is 3. The zero-order valence-corrected chi connectivity index (χ0v) is 31.4. The van der Waals surface area contributed by atoms with Crippen LogP contribution in [0.2, 0.25) is 0 Å². The molecule has 6 rings (SSSR count). The summed E-state index contributed by atoms with van der Waals surface area (Å²) < 4.78 is 56.1. The van der Waals surface area contributed by atoms with Crippen molar-refractivity contribution in [1.82, 2.24) is 30.2 Å². The van der Waals surface area contributed by atoms with Gasteiger partial charge in [-0.25, -0.2) is 5.43 Å². The van der Waals surface area contributed by atoms with Crippen molar-refractivity contribution in [2.24, 2.45) is 17.3 Å². The van der Waals surface area contributed by atoms with E-state index in [-0.39, 0.29) is 36.8 Å². The number of nitrogens with one attached hydrogen (secondary N) is 2. The maximum Gasteiger partial charge on any atom is 0.406 e. The summed E-state index contributed by atoms with van der Waals surface area (Å²) in [5, 5.41) is 5.09. The van der Waals surface area contributed by atoms with E-state index in [9.17, 15) is 27.6 Å². The first-order chi connectivity index (χ1) is 25.0. The van der Waals surface area contributed by atoms with Gasteiger partial charge in [-0.3, -0.25) is 24.4 Å². The van der Waals surface area contributed by atoms with Crippen molar-refractivity contribution in [1.29, 1.82) is 0 Å². The highest BCUT2D eigenvalue weighted by molar-refractivity contribution is 5.93. The molecular formula is C39H51F3N6O5. The van der Waals surface area contributed by atoms with Gasteiger partial charge in [-0.05, 0) is 87.4 Å². The predicted octanol–water partition coefficient (Wildman–Crippen LogP) is 5.21. The van der Waals surface area contributed by atoms with Crippen LogP contribution in [0, 0.1) is 17.3 Å². The van der Waals surface area contributed by atoms with Gasteiger partial charge in [0.2, 0.25) is 5.91 Å². The molecule has 11 nitrogen and oxygen atoms in total. The van der Waals surface area contributed by atoms with Gasteiger partial charge in [0.1, 0.15) is 18.6 Å². The molecule has 2 aliphatic heterocycles. The number of benzene rings is 1. The van der Waals surface area contributed by atoms with Crippen molar-refractivity contribution in [2.75, 3.05) is 40.4 Å². The number of likely N-dealkylation sites (N-methyl/N-ethyl adjacent to an activating group) is 1. The lowest BCUT2D eigenvalue weighted by atomic mass is 9.84. The molecule has 14 heteroatoms. The number of ether oxygens (including phenoxy) is 2. The molecule has 1 saturated carbocycles. The molecule has 0 spiro atoms. The quantitative estimate of drug-likeness (QED) is 0.331. The van der Waals surface area contributed by atoms with Gasteiger partial charge in [0, 0.05) is 60.7 Å². The summed E-state index contributed by atoms with van der Waals surface area (Å²) in [4.78, 5) is 47.1. The first kappa shape index (κ1) is 38.7. The number of carbonyl (C=O) groups excluding carboxylic acids is 3. The van der Waals surface area contributed by atoms with Crippen LogP contribution >= 0.6 is 0 Å². The minimum Gasteiger partial charge on any atom is -0.464 e. The van der Waals surface area contributed by atoms with Gasteiger partial charge in [-0.15, -0.1) is 0 Å². The molecule has 2 amide bonds. The molecule has 2 aromatic heterocycles. The van der Waals surface area contributed by atoms with E-state index in [1.165, 1.54) is 16.7 Å². The molecule has 1 aromatic carbocycles. The summed E-state index contributed by atoms with van der Waals surface area (Å²) in [5.74, 6) is -0.864. The number of amides is 2. The molecule has 2 N–H and O–H groups in total. The van der Waals surface area contributed by atoms with Crippen molar-refractivity contribution in [3.05, 3.63) is 53.3 Å². The number of pyridine rings is 1. The summed E-state index contributed by atoms with van der Waals surface area (Å²) >= 11 is 0. The number of hydrazine groups is 1. The van der Waals surface area contributed by atoms with E-state index in [0.717, 1.165) is 12.0 Å². The van der Waals surface area contributed by atoms with Crippen LogP contribution in [0.15, 0.2) is 36.5 Å². The fourth-order valence-corrected chi connectivity index (χ4v) is 7.58. The molecular weight excluding hydrogens is 689 g/mol. The van der Waals surface area contributed by atoms with Crippen LogP contribution in [0.5, 0.6) is 0 Å². The maximum atomic E-state index is 14.4. The van der Waals surface area contributed by atoms with Crippen LogP contribution in [-0.2, 0) is 43.2 Å². The fourth-order valence-electron chi connectivity index (χ4n) is 7.58. The second kappa shape index (κ2) is 15.4. The third-order valence-corrected chi connectivity index (χ3v) is 10.7. The smallest absolute Gasteiger partial charge is 0.406 e. The van der Waals surface area contributed by atoms with Gasteiger partial charge in [0.05, 0.1) is 24.1 Å². The maximum absolute atomic E-state index is 14.4. The standard InChI is InChI=1S/C39H51F3N6O5/c1-23-17-27(23)35(49)44-31-20-46(5)16-13-25-11-12-32-28(18-25)29(19-38(3,4)22-53-37(51)30-10-8-15-48(45-30)36(31)50)34(47(32)21-39(40,41)42)26-9-7-14-43-33(26)24(2)52-6/h7,9,11-12,14,18,23-24,27,30-31,45H,8,10,13,15-17,19-22H2,1-6H3,(H,44,49)/t23-,24-,27-,30-,31-/m0/s1. The molecule has 53 heavy (non-hydrogen) atoms. The van der Waals surface area contributed by atoms with E-state index in [0.29, 0.717) is 72.2 Å². The third kappa shape index (κ3) is 8.87. The zero-order valence-electron chi connectivity index (χ0n) is 31.4. The predicted molar refractivity (Wildman–Crippen MR) is 193 cm³/mol. The van der Waals surface area contributed by atoms with E-state index >= 15 is 0 Å². The lowest BCUT2D eigenvalue weighted by Crippen LogP contribution is -2.62. The second-order valence-corrected chi connectivity index (χ2v) is 15.8. The first-order valence-corrected chi connectivity index (χ1v) is 18.5. The Morgan fingerprint density at radius 1 is 1.21 bits per heavy atom. The summed E-state index contributed by atoms with van der Waals surface area (Å²) in [5.41, 5.74) is 5.85. The molecule has 288 valence electrons. The van der Waals surface area contributed by atoms with Crippen molar-refractivity contribution in [3.8, 4) is 11.3 Å². The molecule has 5 atom stereocenters. The van der Waals surface area contributed by atoms with E-state index in [2.05, 4.69) is 15.7 Å². The van der Waals surface area contributed by atoms with E-state index in [1.807, 2.05) is 51.8 Å². The van der Waals surface area contributed by atoms with Crippen molar-refractivity contribution >= 4 is 28.7 Å². The number of hydrogen-bond donors (Lipinski definition) is 2. The van der Waals surface area contributed by atoms with Crippen LogP contribution < -0.4 is 10.7 Å². The highest BCUT2D eigenvalue weighted by Crippen LogP contribution is 2.42. The Morgan fingerprint density at radius 3 is 2.66 bits per heavy atom. The van der Waals surface area contributed by atoms with Crippen LogP contribution in [0.1, 0.15) is 69.9 Å². The fraction of sp³-hybridized carbons (Fsp3) is 0.590. The summed E-state index contributed by atoms with van der Waals surface area (Å²) in [6.45, 7) is 7.56. The molecule has 3 aromatic rings. The largest absolute Gasteiger partial charge is 0.464 e. The molecule has 0 unspecified atom stereocenters. The highest BCUT2D eigenvalue weighted by atomic mass is 19.4. The summed E-state index contributed by atoms with van der Waals surface area (Å²) in [6, 6.07) is 7.41. The van der Waals surface area contributed by atoms with E-state index in [1.54, 1.807) is 24.4 Å². The van der Waals surface area contributed by atoms with Crippen LogP contribution in [0.3, 0.4) is 0 Å². The minimum absolute atomic E-state index is 0.0134. The van der Waals surface area contributed by atoms with Gasteiger partial charge in [-0.1, -0.05) is 26.8 Å². The van der Waals surface area contributed by atoms with Gasteiger partial charge in [-0.2, -0.15) is 13.2 Å². The number of nitrogens with zero attached hydrogens (tertiary/aromatic N) is 4. The Bertz CT molecular complexity index is 1840. The summed E-state index contributed by atoms with van der Waals surface area (Å²) in [6.07, 6.45) is -0.775. The zero-order chi connectivity index (χ0) is 38.2. The second-order valence-electron chi connectivity index (χ2n) is 15.8. The van der Waals surface area contributed by atoms with Crippen molar-refractivity contribution < 1.29 is 37.0 Å². The lowest BCUT2D eigenvalue weighted by Gasteiger charge is -2.36. The number of cyclic esters (lactones) is 1. The molecule has 3 aliphatic rings. The molecule has 1 aliphatic carbocycles. The monoisotopic (exact) mass is 740 g/mol. The highest BCUT2D eigenvalue weighted by Gasteiger charge is 2.42. The molecule has 2 fully saturated rings.